The van der Waals surface area contributed by atoms with Gasteiger partial charge in [0.05, 0.1) is 26.2 Å². The first kappa shape index (κ1) is 43.8. The third-order valence-electron chi connectivity index (χ3n) is 10.6. The summed E-state index contributed by atoms with van der Waals surface area (Å²) in [5.74, 6) is -2.97. The molecule has 5 rings (SSSR count). The van der Waals surface area contributed by atoms with Crippen LogP contribution in [0.25, 0.3) is 0 Å². The van der Waals surface area contributed by atoms with E-state index in [0.29, 0.717) is 47.7 Å². The van der Waals surface area contributed by atoms with Crippen molar-refractivity contribution in [2.45, 2.75) is 94.3 Å². The van der Waals surface area contributed by atoms with E-state index in [1.165, 1.54) is 18.2 Å². The van der Waals surface area contributed by atoms with Gasteiger partial charge in [0.25, 0.3) is 32.1 Å². The highest BCUT2D eigenvalue weighted by atomic mass is 32.2. The summed E-state index contributed by atoms with van der Waals surface area (Å²) in [6.45, 7) is 6.29. The number of para-hydroxylation sites is 1. The van der Waals surface area contributed by atoms with Gasteiger partial charge in [0.15, 0.2) is 5.71 Å². The van der Waals surface area contributed by atoms with Gasteiger partial charge in [-0.25, -0.2) is 13.2 Å². The number of hydrogen-bond donors (Lipinski definition) is 2. The molecule has 3 aliphatic heterocycles. The van der Waals surface area contributed by atoms with E-state index < -0.39 is 70.5 Å². The molecule has 0 bridgehead atoms. The molecule has 0 radical (unpaired) electrons. The van der Waals surface area contributed by atoms with Gasteiger partial charge >= 0.3 is 5.97 Å². The molecule has 3 aliphatic rings. The number of carbonyl (C=O) groups is 3. The van der Waals surface area contributed by atoms with Gasteiger partial charge in [0.1, 0.15) is 6.54 Å². The number of hydrogen-bond acceptors (Lipinski definition) is 12. The first-order chi connectivity index (χ1) is 26.5. The smallest absolute Gasteiger partial charge is 0.333 e. The number of nitrogens with zero attached hydrogens (tertiary/aromatic N) is 3. The van der Waals surface area contributed by atoms with Crippen LogP contribution in [-0.2, 0) is 60.4 Å². The summed E-state index contributed by atoms with van der Waals surface area (Å²) in [7, 11) is -13.4. The Balaban J connectivity index is 1.49. The van der Waals surface area contributed by atoms with Crippen molar-refractivity contribution in [1.29, 1.82) is 0 Å². The van der Waals surface area contributed by atoms with Gasteiger partial charge in [0.2, 0.25) is 5.69 Å². The van der Waals surface area contributed by atoms with Gasteiger partial charge in [-0.15, -0.1) is 5.06 Å². The van der Waals surface area contributed by atoms with E-state index in [0.717, 1.165) is 17.0 Å². The second kappa shape index (κ2) is 16.9. The summed E-state index contributed by atoms with van der Waals surface area (Å²) in [4.78, 5) is 42.6. The number of allylic oxidation sites excluding steroid dienone is 4. The summed E-state index contributed by atoms with van der Waals surface area (Å²) in [5.41, 5.74) is 2.95. The molecule has 57 heavy (non-hydrogen) atoms. The molecular weight excluding hydrogens is 803 g/mol. The van der Waals surface area contributed by atoms with E-state index in [1.807, 2.05) is 66.7 Å². The van der Waals surface area contributed by atoms with Gasteiger partial charge in [-0.2, -0.15) is 21.4 Å². The summed E-state index contributed by atoms with van der Waals surface area (Å²) in [5, 5.41) is 0.493. The zero-order valence-electron chi connectivity index (χ0n) is 31.9. The lowest BCUT2D eigenvalue weighted by Gasteiger charge is -2.30. The van der Waals surface area contributed by atoms with Crippen molar-refractivity contribution in [3.05, 3.63) is 77.5 Å². The number of rotatable bonds is 18. The van der Waals surface area contributed by atoms with Crippen molar-refractivity contribution >= 4 is 65.2 Å². The van der Waals surface area contributed by atoms with Gasteiger partial charge < -0.3 is 14.3 Å². The summed E-state index contributed by atoms with van der Waals surface area (Å²) >= 11 is 0. The molecule has 0 aromatic heterocycles. The minimum absolute atomic E-state index is 0.00963. The number of carbonyl (C=O) groups excluding carboxylic acids is 3. The van der Waals surface area contributed by atoms with Crippen molar-refractivity contribution < 1.29 is 62.7 Å². The molecule has 1 unspecified atom stereocenters. The largest absolute Gasteiger partial charge is 0.748 e. The first-order valence-corrected chi connectivity index (χ1v) is 23.1. The maximum atomic E-state index is 12.4. The highest BCUT2D eigenvalue weighted by molar-refractivity contribution is 7.86. The highest BCUT2D eigenvalue weighted by Crippen LogP contribution is 2.51. The predicted octanol–water partition coefficient (Wildman–Crippen LogP) is 4.30. The summed E-state index contributed by atoms with van der Waals surface area (Å²) in [6.07, 6.45) is 7.21. The van der Waals surface area contributed by atoms with Crippen LogP contribution in [0.15, 0.2) is 71.3 Å². The fourth-order valence-corrected chi connectivity index (χ4v) is 9.33. The Morgan fingerprint density at radius 2 is 1.58 bits per heavy atom. The molecule has 2 N–H and O–H groups in total. The van der Waals surface area contributed by atoms with Gasteiger partial charge in [-0.1, -0.05) is 37.1 Å². The number of unbranched alkanes of at least 4 members (excludes halogenated alkanes) is 2. The second-order valence-electron chi connectivity index (χ2n) is 15.1. The molecular formula is C38H47N3O13S3. The third kappa shape index (κ3) is 10.2. The Kier molecular flexibility index (Phi) is 13.0. The van der Waals surface area contributed by atoms with Crippen LogP contribution in [0, 0.1) is 0 Å². The average Bonchev–Trinajstić information content (AvgIpc) is 3.63. The number of amides is 2. The van der Waals surface area contributed by atoms with Crippen molar-refractivity contribution in [3.8, 4) is 0 Å². The van der Waals surface area contributed by atoms with Crippen LogP contribution in [0.4, 0.5) is 11.4 Å². The second-order valence-corrected chi connectivity index (χ2v) is 19.6. The van der Waals surface area contributed by atoms with Gasteiger partial charge in [-0.05, 0) is 69.9 Å². The Morgan fingerprint density at radius 1 is 0.895 bits per heavy atom. The summed E-state index contributed by atoms with van der Waals surface area (Å²) < 4.78 is 104. The Hall–Kier alpha value is -4.27. The average molecular weight is 850 g/mol. The van der Waals surface area contributed by atoms with Crippen LogP contribution in [0.3, 0.4) is 0 Å². The third-order valence-corrected chi connectivity index (χ3v) is 13.1. The molecule has 1 saturated heterocycles. The van der Waals surface area contributed by atoms with Crippen LogP contribution >= 0.6 is 0 Å². The van der Waals surface area contributed by atoms with Crippen LogP contribution < -0.4 is 4.90 Å². The zero-order chi connectivity index (χ0) is 42.0. The van der Waals surface area contributed by atoms with E-state index in [1.54, 1.807) is 6.08 Å². The maximum Gasteiger partial charge on any atom is 0.333 e. The molecule has 2 amide bonds. The molecule has 1 fully saturated rings. The number of fused-ring (bicyclic) bond motifs is 2. The first-order valence-electron chi connectivity index (χ1n) is 18.5. The lowest BCUT2D eigenvalue weighted by atomic mass is 9.77. The molecule has 310 valence electrons. The molecule has 2 aromatic carbocycles. The topological polar surface area (TPSA) is 236 Å². The molecule has 1 atom stereocenters. The number of anilines is 1. The lowest BCUT2D eigenvalue weighted by molar-refractivity contribution is -0.437. The van der Waals surface area contributed by atoms with Gasteiger partial charge in [0, 0.05) is 72.5 Å². The highest BCUT2D eigenvalue weighted by Gasteiger charge is 2.45. The van der Waals surface area contributed by atoms with E-state index >= 15 is 0 Å². The maximum absolute atomic E-state index is 12.4. The Bertz CT molecular complexity index is 2350. The molecule has 19 heteroatoms. The van der Waals surface area contributed by atoms with Crippen molar-refractivity contribution in [3.63, 3.8) is 0 Å². The standard InChI is InChI=1S/C38H47N3O13S3/c1-37(2)28-12-6-7-13-30(28)39(22-10-24-55(45,46)47)32(37)14-9-15-33-38(3,21-8-4-5-16-36(44)54-41-34(42)19-20-35(41)43)29-26-27(57(51,52)53)17-18-31(29)40(33)23-11-25-56(48,49)50/h6-7,9,12-15,17-18,26H,4-5,8,10-11,16,19-25H2,1-3H3,(H2-,45,46,47,48,49,50,51,52,53). The molecule has 0 saturated carbocycles. The van der Waals surface area contributed by atoms with Crippen LogP contribution in [0.1, 0.15) is 89.7 Å². The fourth-order valence-electron chi connectivity index (χ4n) is 7.84. The molecule has 16 nitrogen and oxygen atoms in total. The minimum Gasteiger partial charge on any atom is -0.748 e. The van der Waals surface area contributed by atoms with Crippen molar-refractivity contribution in [2.75, 3.05) is 29.5 Å². The van der Waals surface area contributed by atoms with Crippen LogP contribution in [0.5, 0.6) is 0 Å². The quantitative estimate of drug-likeness (QED) is 0.0922. The molecule has 2 aromatic rings. The molecule has 3 heterocycles. The van der Waals surface area contributed by atoms with Crippen molar-refractivity contribution in [2.24, 2.45) is 0 Å². The Morgan fingerprint density at radius 3 is 2.23 bits per heavy atom. The van der Waals surface area contributed by atoms with Crippen LogP contribution in [-0.4, -0.2) is 96.6 Å². The minimum atomic E-state index is -4.63. The lowest BCUT2D eigenvalue weighted by Crippen LogP contribution is -2.32. The number of benzene rings is 2. The normalized spacial score (nSPS) is 20.3. The van der Waals surface area contributed by atoms with Crippen molar-refractivity contribution in [1.82, 2.24) is 5.06 Å². The molecule has 0 spiro atoms. The number of imide groups is 1. The fraction of sp³-hybridized carbons (Fsp3) is 0.474. The number of hydroxylamine groups is 2. The Labute approximate surface area is 333 Å². The van der Waals surface area contributed by atoms with E-state index in [9.17, 15) is 53.3 Å². The SMILES string of the molecule is CC1(C)C(/C=C/C=C2/N(CCCS(=O)(=O)O)c3ccc(S(=O)(=O)O)cc3C2(C)CCCCCC(=O)ON2C(=O)CCC2=O)=[N+](CCCS(=O)(=O)[O-])c2ccccc21. The van der Waals surface area contributed by atoms with E-state index in [-0.39, 0.29) is 50.1 Å². The summed E-state index contributed by atoms with van der Waals surface area (Å²) in [6, 6.07) is 11.8. The zero-order valence-corrected chi connectivity index (χ0v) is 34.4. The van der Waals surface area contributed by atoms with E-state index in [2.05, 4.69) is 0 Å². The predicted molar refractivity (Wildman–Crippen MR) is 208 cm³/mol. The van der Waals surface area contributed by atoms with Gasteiger partial charge in [-0.3, -0.25) is 18.7 Å². The van der Waals surface area contributed by atoms with E-state index in [4.69, 9.17) is 4.84 Å². The van der Waals surface area contributed by atoms with Crippen LogP contribution in [0.2, 0.25) is 0 Å². The molecule has 0 aliphatic carbocycles. The monoisotopic (exact) mass is 849 g/mol.